The zero-order valence-corrected chi connectivity index (χ0v) is 10.5. The minimum Gasteiger partial charge on any atom is -0.772 e. The van der Waals surface area contributed by atoms with Crippen LogP contribution in [0.2, 0.25) is 5.02 Å². The van der Waals surface area contributed by atoms with Crippen molar-refractivity contribution in [2.75, 3.05) is 0 Å². The maximum atomic E-state index is 12.6. The van der Waals surface area contributed by atoms with Gasteiger partial charge in [-0.15, -0.1) is 0 Å². The van der Waals surface area contributed by atoms with E-state index in [0.29, 0.717) is 5.56 Å². The second-order valence-corrected chi connectivity index (χ2v) is 3.50. The van der Waals surface area contributed by atoms with Crippen molar-refractivity contribution >= 4 is 22.7 Å². The summed E-state index contributed by atoms with van der Waals surface area (Å²) in [6.45, 7) is 0. The van der Waals surface area contributed by atoms with Gasteiger partial charge in [-0.2, -0.15) is 0 Å². The summed E-state index contributed by atoms with van der Waals surface area (Å²) in [4.78, 5) is 0. The van der Waals surface area contributed by atoms with Crippen molar-refractivity contribution in [2.45, 2.75) is 5.75 Å². The first-order valence-electron chi connectivity index (χ1n) is 3.09. The molecule has 2 nitrogen and oxygen atoms in total. The van der Waals surface area contributed by atoms with Crippen LogP contribution in [0.4, 0.5) is 4.39 Å². The molecule has 0 amide bonds. The van der Waals surface area contributed by atoms with Gasteiger partial charge in [0, 0.05) is 5.75 Å². The number of hydrogen-bond donors (Lipinski definition) is 0. The molecule has 0 aliphatic heterocycles. The summed E-state index contributed by atoms with van der Waals surface area (Å²) >= 11 is 3.26. The molecule has 1 rings (SSSR count). The fourth-order valence-electron chi connectivity index (χ4n) is 0.766. The number of hydrogen-bond acceptors (Lipinski definition) is 2. The zero-order valence-electron chi connectivity index (χ0n) is 6.92. The summed E-state index contributed by atoms with van der Waals surface area (Å²) in [7, 11) is 0. The second kappa shape index (κ2) is 6.11. The van der Waals surface area contributed by atoms with Crippen LogP contribution in [-0.4, -0.2) is 8.76 Å². The summed E-state index contributed by atoms with van der Waals surface area (Å²) < 4.78 is 33.0. The van der Waals surface area contributed by atoms with E-state index < -0.39 is 16.9 Å². The molecule has 0 heterocycles. The van der Waals surface area contributed by atoms with Crippen LogP contribution in [0.3, 0.4) is 0 Å². The second-order valence-electron chi connectivity index (χ2n) is 2.20. The molecule has 0 saturated carbocycles. The van der Waals surface area contributed by atoms with Crippen molar-refractivity contribution in [3.8, 4) is 0 Å². The first-order valence-corrected chi connectivity index (χ1v) is 4.71. The van der Waals surface area contributed by atoms with E-state index >= 15 is 0 Å². The maximum Gasteiger partial charge on any atom is 1.00 e. The van der Waals surface area contributed by atoms with Crippen LogP contribution in [-0.2, 0) is 16.8 Å². The summed E-state index contributed by atoms with van der Waals surface area (Å²) in [6.07, 6.45) is 0. The molecule has 66 valence electrons. The van der Waals surface area contributed by atoms with Crippen LogP contribution in [0, 0.1) is 5.82 Å². The van der Waals surface area contributed by atoms with E-state index in [4.69, 9.17) is 11.6 Å². The first-order chi connectivity index (χ1) is 5.59. The van der Waals surface area contributed by atoms with Gasteiger partial charge in [0.1, 0.15) is 5.82 Å². The monoisotopic (exact) mass is 230 g/mol. The fourth-order valence-corrected chi connectivity index (χ4v) is 1.42. The molecule has 0 fully saturated rings. The van der Waals surface area contributed by atoms with Gasteiger partial charge in [-0.05, 0) is 17.7 Å². The van der Waals surface area contributed by atoms with Crippen molar-refractivity contribution in [3.63, 3.8) is 0 Å². The molecule has 0 aromatic heterocycles. The fraction of sp³-hybridized carbons (Fsp3) is 0.143. The van der Waals surface area contributed by atoms with Crippen molar-refractivity contribution in [2.24, 2.45) is 0 Å². The van der Waals surface area contributed by atoms with Crippen molar-refractivity contribution in [3.05, 3.63) is 34.6 Å². The van der Waals surface area contributed by atoms with E-state index in [1.54, 1.807) is 0 Å². The standard InChI is InChI=1S/C7H6ClFO2S.Na/c8-6-3-5(4-12(10)11)1-2-7(6)9;/h1-3H,4H2,(H,10,11);/q;+1/p-1. The maximum absolute atomic E-state index is 12.6. The quantitative estimate of drug-likeness (QED) is 0.476. The van der Waals surface area contributed by atoms with E-state index in [-0.39, 0.29) is 40.3 Å². The molecular formula is C7H5ClFNaO2S. The smallest absolute Gasteiger partial charge is 0.772 e. The predicted octanol–water partition coefficient (Wildman–Crippen LogP) is -1.14. The Hall–Kier alpha value is 0.550. The van der Waals surface area contributed by atoms with Crippen molar-refractivity contribution in [1.82, 2.24) is 0 Å². The van der Waals surface area contributed by atoms with E-state index in [1.165, 1.54) is 12.1 Å². The molecule has 1 atom stereocenters. The molecule has 1 aromatic rings. The molecule has 0 radical (unpaired) electrons. The molecule has 0 aliphatic carbocycles. The van der Waals surface area contributed by atoms with Gasteiger partial charge in [-0.3, -0.25) is 4.21 Å². The van der Waals surface area contributed by atoms with E-state index in [2.05, 4.69) is 0 Å². The minimum atomic E-state index is -2.16. The van der Waals surface area contributed by atoms with Gasteiger partial charge in [-0.1, -0.05) is 28.7 Å². The Morgan fingerprint density at radius 1 is 1.54 bits per heavy atom. The first kappa shape index (κ1) is 13.5. The van der Waals surface area contributed by atoms with Gasteiger partial charge < -0.3 is 4.55 Å². The van der Waals surface area contributed by atoms with Crippen molar-refractivity contribution in [1.29, 1.82) is 0 Å². The van der Waals surface area contributed by atoms with Crippen LogP contribution in [0.5, 0.6) is 0 Å². The third kappa shape index (κ3) is 4.54. The largest absolute Gasteiger partial charge is 1.00 e. The van der Waals surface area contributed by atoms with E-state index in [1.807, 2.05) is 0 Å². The molecule has 0 spiro atoms. The minimum absolute atomic E-state index is 0. The topological polar surface area (TPSA) is 40.1 Å². The Labute approximate surface area is 105 Å². The third-order valence-electron chi connectivity index (χ3n) is 1.27. The Morgan fingerprint density at radius 2 is 2.15 bits per heavy atom. The average molecular weight is 231 g/mol. The van der Waals surface area contributed by atoms with Crippen LogP contribution in [0.1, 0.15) is 5.56 Å². The zero-order chi connectivity index (χ0) is 9.14. The summed E-state index contributed by atoms with van der Waals surface area (Å²) in [6, 6.07) is 3.83. The third-order valence-corrected chi connectivity index (χ3v) is 2.13. The molecule has 1 aromatic carbocycles. The molecular weight excluding hydrogens is 226 g/mol. The number of benzene rings is 1. The molecule has 13 heavy (non-hydrogen) atoms. The van der Waals surface area contributed by atoms with Gasteiger partial charge in [-0.25, -0.2) is 4.39 Å². The van der Waals surface area contributed by atoms with Crippen LogP contribution >= 0.6 is 11.6 Å². The van der Waals surface area contributed by atoms with E-state index in [9.17, 15) is 13.2 Å². The number of rotatable bonds is 2. The summed E-state index contributed by atoms with van der Waals surface area (Å²) in [5, 5.41) is -0.0575. The van der Waals surface area contributed by atoms with Gasteiger partial charge in [0.05, 0.1) is 5.02 Å². The van der Waals surface area contributed by atoms with Crippen molar-refractivity contribution < 1.29 is 42.7 Å². The Kier molecular flexibility index (Phi) is 6.37. The normalized spacial score (nSPS) is 11.9. The average Bonchev–Trinajstić information content (AvgIpc) is 1.96. The Morgan fingerprint density at radius 3 is 2.62 bits per heavy atom. The SMILES string of the molecule is O=S([O-])Cc1ccc(F)c(Cl)c1.[Na+]. The van der Waals surface area contributed by atoms with Gasteiger partial charge >= 0.3 is 29.6 Å². The van der Waals surface area contributed by atoms with Crippen LogP contribution in [0.25, 0.3) is 0 Å². The van der Waals surface area contributed by atoms with Gasteiger partial charge in [0.2, 0.25) is 0 Å². The molecule has 0 bridgehead atoms. The summed E-state index contributed by atoms with van der Waals surface area (Å²) in [5.41, 5.74) is 0.481. The van der Waals surface area contributed by atoms with E-state index in [0.717, 1.165) is 6.07 Å². The van der Waals surface area contributed by atoms with Gasteiger partial charge in [0.25, 0.3) is 0 Å². The van der Waals surface area contributed by atoms with Crippen LogP contribution < -0.4 is 29.6 Å². The molecule has 6 heteroatoms. The van der Waals surface area contributed by atoms with Gasteiger partial charge in [0.15, 0.2) is 0 Å². The molecule has 0 aliphatic rings. The molecule has 0 saturated heterocycles. The summed E-state index contributed by atoms with van der Waals surface area (Å²) in [5.74, 6) is -0.683. The Bertz CT molecular complexity index is 321. The Balaban J connectivity index is 0.00000144. The molecule has 0 N–H and O–H groups in total. The molecule has 1 unspecified atom stereocenters. The van der Waals surface area contributed by atoms with Crippen LogP contribution in [0.15, 0.2) is 18.2 Å². The number of halogens is 2. The predicted molar refractivity (Wildman–Crippen MR) is 44.0 cm³/mol.